The molecule has 0 aliphatic heterocycles. The van der Waals surface area contributed by atoms with Gasteiger partial charge >= 0.3 is 0 Å². The van der Waals surface area contributed by atoms with Crippen molar-refractivity contribution in [3.8, 4) is 11.1 Å². The Hall–Kier alpha value is -4.25. The number of aldehydes is 1. The van der Waals surface area contributed by atoms with Crippen molar-refractivity contribution in [3.63, 3.8) is 0 Å². The van der Waals surface area contributed by atoms with Crippen LogP contribution in [0.5, 0.6) is 0 Å². The third-order valence-electron chi connectivity index (χ3n) is 5.13. The summed E-state index contributed by atoms with van der Waals surface area (Å²) in [7, 11) is 0. The molecule has 0 saturated carbocycles. The van der Waals surface area contributed by atoms with Crippen LogP contribution in [0.4, 0.5) is 11.4 Å². The second-order valence-corrected chi connectivity index (χ2v) is 7.28. The number of amides is 1. The van der Waals surface area contributed by atoms with E-state index >= 15 is 0 Å². The van der Waals surface area contributed by atoms with Crippen LogP contribution in [0.2, 0.25) is 0 Å². The molecule has 2 N–H and O–H groups in total. The van der Waals surface area contributed by atoms with Gasteiger partial charge in [-0.25, -0.2) is 0 Å². The zero-order chi connectivity index (χ0) is 22.2. The van der Waals surface area contributed by atoms with Gasteiger partial charge in [0.15, 0.2) is 6.29 Å². The Balaban J connectivity index is 1.43. The summed E-state index contributed by atoms with van der Waals surface area (Å²) in [6.07, 6.45) is 3.44. The number of hydrogen-bond acceptors (Lipinski definition) is 4. The molecule has 1 amide bonds. The van der Waals surface area contributed by atoms with Crippen molar-refractivity contribution in [2.45, 2.75) is 6.42 Å². The highest BCUT2D eigenvalue weighted by Crippen LogP contribution is 2.27. The van der Waals surface area contributed by atoms with Gasteiger partial charge in [0.2, 0.25) is 0 Å². The van der Waals surface area contributed by atoms with Gasteiger partial charge in [-0.15, -0.1) is 0 Å². The van der Waals surface area contributed by atoms with Crippen LogP contribution in [-0.4, -0.2) is 23.7 Å². The van der Waals surface area contributed by atoms with Crippen molar-refractivity contribution in [2.75, 3.05) is 17.2 Å². The van der Waals surface area contributed by atoms with Gasteiger partial charge in [0, 0.05) is 47.4 Å². The number of nitrogens with one attached hydrogen (secondary N) is 2. The van der Waals surface area contributed by atoms with Crippen molar-refractivity contribution in [1.82, 2.24) is 4.98 Å². The van der Waals surface area contributed by atoms with Gasteiger partial charge in [0.25, 0.3) is 5.91 Å². The van der Waals surface area contributed by atoms with Crippen molar-refractivity contribution >= 4 is 23.6 Å². The summed E-state index contributed by atoms with van der Waals surface area (Å²) in [6, 6.07) is 28.0. The number of carbonyl (C=O) groups excluding carboxylic acids is 2. The largest absolute Gasteiger partial charge is 0.385 e. The van der Waals surface area contributed by atoms with Crippen LogP contribution in [0.25, 0.3) is 11.1 Å². The van der Waals surface area contributed by atoms with Crippen LogP contribution in [0.15, 0.2) is 97.2 Å². The molecular weight excluding hydrogens is 398 g/mol. The van der Waals surface area contributed by atoms with Gasteiger partial charge in [-0.3, -0.25) is 14.6 Å². The summed E-state index contributed by atoms with van der Waals surface area (Å²) < 4.78 is 0. The lowest BCUT2D eigenvalue weighted by Gasteiger charge is -2.12. The van der Waals surface area contributed by atoms with E-state index in [-0.39, 0.29) is 5.91 Å². The smallest absolute Gasteiger partial charge is 0.256 e. The van der Waals surface area contributed by atoms with E-state index in [1.54, 1.807) is 18.3 Å². The Kier molecular flexibility index (Phi) is 6.68. The molecule has 0 fully saturated rings. The molecule has 4 rings (SSSR count). The predicted molar refractivity (Wildman–Crippen MR) is 128 cm³/mol. The number of nitrogens with zero attached hydrogens (tertiary/aromatic N) is 1. The first-order chi connectivity index (χ1) is 15.7. The average Bonchev–Trinajstić information content (AvgIpc) is 2.85. The fraction of sp³-hybridized carbons (Fsp3) is 0.0741. The number of benzene rings is 3. The summed E-state index contributed by atoms with van der Waals surface area (Å²) in [6.45, 7) is 0.770. The molecule has 32 heavy (non-hydrogen) atoms. The normalized spacial score (nSPS) is 10.4. The highest BCUT2D eigenvalue weighted by atomic mass is 16.1. The van der Waals surface area contributed by atoms with Crippen molar-refractivity contribution in [3.05, 3.63) is 114 Å². The lowest BCUT2D eigenvalue weighted by molar-refractivity contribution is 0.102. The molecule has 1 heterocycles. The fourth-order valence-corrected chi connectivity index (χ4v) is 3.51. The van der Waals surface area contributed by atoms with E-state index in [1.165, 1.54) is 0 Å². The molecule has 5 nitrogen and oxygen atoms in total. The number of rotatable bonds is 8. The van der Waals surface area contributed by atoms with Crippen molar-refractivity contribution < 1.29 is 9.59 Å². The Labute approximate surface area is 187 Å². The molecule has 0 atom stereocenters. The molecule has 0 unspecified atom stereocenters. The van der Waals surface area contributed by atoms with E-state index < -0.39 is 0 Å². The quantitative estimate of drug-likeness (QED) is 0.370. The second kappa shape index (κ2) is 10.2. The third kappa shape index (κ3) is 5.08. The summed E-state index contributed by atoms with van der Waals surface area (Å²) in [5.74, 6) is -0.225. The molecule has 0 bridgehead atoms. The van der Waals surface area contributed by atoms with E-state index in [9.17, 15) is 9.59 Å². The van der Waals surface area contributed by atoms with E-state index in [4.69, 9.17) is 0 Å². The van der Waals surface area contributed by atoms with Gasteiger partial charge in [0.1, 0.15) is 0 Å². The van der Waals surface area contributed by atoms with E-state index in [1.807, 2.05) is 78.9 Å². The molecular formula is C27H23N3O2. The fourth-order valence-electron chi connectivity index (χ4n) is 3.51. The minimum Gasteiger partial charge on any atom is -0.385 e. The minimum atomic E-state index is -0.225. The minimum absolute atomic E-state index is 0.225. The van der Waals surface area contributed by atoms with Crippen molar-refractivity contribution in [1.29, 1.82) is 0 Å². The average molecular weight is 422 g/mol. The molecule has 0 aliphatic carbocycles. The summed E-state index contributed by atoms with van der Waals surface area (Å²) in [4.78, 5) is 28.8. The van der Waals surface area contributed by atoms with Crippen LogP contribution in [0.3, 0.4) is 0 Å². The Morgan fingerprint density at radius 3 is 2.22 bits per heavy atom. The van der Waals surface area contributed by atoms with Gasteiger partial charge < -0.3 is 10.6 Å². The van der Waals surface area contributed by atoms with E-state index in [2.05, 4.69) is 15.6 Å². The molecule has 0 aliphatic rings. The number of aromatic nitrogens is 1. The SMILES string of the molecule is O=Cc1ccccc1-c1ccccc1C(=O)Nc1ccc(NCCc2ccccn2)cc1. The van der Waals surface area contributed by atoms with Crippen LogP contribution >= 0.6 is 0 Å². The molecule has 4 aromatic rings. The van der Waals surface area contributed by atoms with Crippen LogP contribution in [0, 0.1) is 0 Å². The Morgan fingerprint density at radius 2 is 1.47 bits per heavy atom. The number of anilines is 2. The first-order valence-electron chi connectivity index (χ1n) is 10.4. The van der Waals surface area contributed by atoms with Gasteiger partial charge in [-0.05, 0) is 53.6 Å². The highest BCUT2D eigenvalue weighted by molar-refractivity contribution is 6.09. The number of pyridine rings is 1. The van der Waals surface area contributed by atoms with Gasteiger partial charge in [-0.2, -0.15) is 0 Å². The van der Waals surface area contributed by atoms with E-state index in [0.717, 1.165) is 41.8 Å². The Bertz CT molecular complexity index is 1210. The van der Waals surface area contributed by atoms with Crippen LogP contribution in [0.1, 0.15) is 26.4 Å². The van der Waals surface area contributed by atoms with E-state index in [0.29, 0.717) is 16.8 Å². The number of hydrogen-bond donors (Lipinski definition) is 2. The molecule has 0 spiro atoms. The number of carbonyl (C=O) groups is 2. The first kappa shape index (κ1) is 21.0. The maximum Gasteiger partial charge on any atom is 0.256 e. The van der Waals surface area contributed by atoms with Crippen molar-refractivity contribution in [2.24, 2.45) is 0 Å². The molecule has 1 aromatic heterocycles. The van der Waals surface area contributed by atoms with Gasteiger partial charge in [0.05, 0.1) is 0 Å². The highest BCUT2D eigenvalue weighted by Gasteiger charge is 2.14. The topological polar surface area (TPSA) is 71.1 Å². The summed E-state index contributed by atoms with van der Waals surface area (Å²) in [5.41, 5.74) is 5.23. The molecule has 0 saturated heterocycles. The third-order valence-corrected chi connectivity index (χ3v) is 5.13. The lowest BCUT2D eigenvalue weighted by atomic mass is 9.95. The maximum absolute atomic E-state index is 13.0. The molecule has 158 valence electrons. The lowest BCUT2D eigenvalue weighted by Crippen LogP contribution is -2.13. The molecule has 0 radical (unpaired) electrons. The summed E-state index contributed by atoms with van der Waals surface area (Å²) in [5, 5.41) is 6.31. The zero-order valence-corrected chi connectivity index (χ0v) is 17.5. The Morgan fingerprint density at radius 1 is 0.781 bits per heavy atom. The second-order valence-electron chi connectivity index (χ2n) is 7.28. The van der Waals surface area contributed by atoms with Gasteiger partial charge in [-0.1, -0.05) is 48.5 Å². The zero-order valence-electron chi connectivity index (χ0n) is 17.5. The molecule has 5 heteroatoms. The van der Waals surface area contributed by atoms with Crippen LogP contribution < -0.4 is 10.6 Å². The summed E-state index contributed by atoms with van der Waals surface area (Å²) >= 11 is 0. The standard InChI is InChI=1S/C27H23N3O2/c31-19-20-7-1-2-9-24(20)25-10-3-4-11-26(25)27(32)30-23-14-12-22(13-15-23)29-18-16-21-8-5-6-17-28-21/h1-15,17,19,29H,16,18H2,(H,30,32). The molecule has 3 aromatic carbocycles. The predicted octanol–water partition coefficient (Wildman–Crippen LogP) is 5.47. The van der Waals surface area contributed by atoms with Crippen LogP contribution in [-0.2, 0) is 6.42 Å². The monoisotopic (exact) mass is 421 g/mol. The first-order valence-corrected chi connectivity index (χ1v) is 10.4. The maximum atomic E-state index is 13.0.